The number of carbonyl (C=O) groups excluding carboxylic acids is 1. The molecule has 4 atom stereocenters. The fourth-order valence-electron chi connectivity index (χ4n) is 5.10. The van der Waals surface area contributed by atoms with Gasteiger partial charge in [0.2, 0.25) is 0 Å². The molecule has 3 fully saturated rings. The van der Waals surface area contributed by atoms with Crippen LogP contribution in [0.15, 0.2) is 16.5 Å². The molecule has 0 bridgehead atoms. The van der Waals surface area contributed by atoms with E-state index >= 15 is 0 Å². The first kappa shape index (κ1) is 22.1. The van der Waals surface area contributed by atoms with Crippen LogP contribution in [0.4, 0.5) is 20.5 Å². The van der Waals surface area contributed by atoms with Crippen molar-refractivity contribution >= 4 is 17.6 Å². The summed E-state index contributed by atoms with van der Waals surface area (Å²) in [5.41, 5.74) is 0.128. The van der Waals surface area contributed by atoms with Crippen LogP contribution in [0, 0.1) is 29.4 Å². The van der Waals surface area contributed by atoms with Crippen LogP contribution >= 0.6 is 0 Å². The Kier molecular flexibility index (Phi) is 5.99. The quantitative estimate of drug-likeness (QED) is 0.687. The lowest BCUT2D eigenvalue weighted by molar-refractivity contribution is 0.102. The van der Waals surface area contributed by atoms with Gasteiger partial charge in [-0.2, -0.15) is 4.98 Å². The van der Waals surface area contributed by atoms with Gasteiger partial charge in [-0.15, -0.1) is 0 Å². The molecule has 3 heterocycles. The van der Waals surface area contributed by atoms with Crippen LogP contribution in [0.5, 0.6) is 5.75 Å². The number of hydrogen-bond acceptors (Lipinski definition) is 6. The molecule has 0 radical (unpaired) electrons. The van der Waals surface area contributed by atoms with Crippen molar-refractivity contribution in [1.29, 1.82) is 0 Å². The average Bonchev–Trinajstić information content (AvgIpc) is 3.53. The van der Waals surface area contributed by atoms with Gasteiger partial charge in [-0.25, -0.2) is 8.78 Å². The lowest BCUT2D eigenvalue weighted by Gasteiger charge is -2.16. The highest BCUT2D eigenvalue weighted by molar-refractivity contribution is 6.03. The molecule has 5 rings (SSSR count). The van der Waals surface area contributed by atoms with Crippen molar-refractivity contribution in [2.45, 2.75) is 45.6 Å². The molecule has 33 heavy (non-hydrogen) atoms. The predicted octanol–water partition coefficient (Wildman–Crippen LogP) is 4.42. The normalized spacial score (nSPS) is 26.6. The Hall–Kier alpha value is -2.68. The SMILES string of the molecule is CCc1oc(N2CC3COCC3C2)nc1C(=O)Nc1cc(F)c(OC2CCC(C)C2)c(F)c1. The van der Waals surface area contributed by atoms with Crippen molar-refractivity contribution in [3.8, 4) is 5.75 Å². The first-order valence-corrected chi connectivity index (χ1v) is 11.7. The third-order valence-corrected chi connectivity index (χ3v) is 6.92. The molecular weight excluding hydrogens is 432 g/mol. The van der Waals surface area contributed by atoms with Crippen LogP contribution in [-0.2, 0) is 11.2 Å². The lowest BCUT2D eigenvalue weighted by Crippen LogP contribution is -2.22. The second-order valence-corrected chi connectivity index (χ2v) is 9.47. The smallest absolute Gasteiger partial charge is 0.298 e. The van der Waals surface area contributed by atoms with Crippen molar-refractivity contribution in [3.05, 3.63) is 35.2 Å². The molecule has 0 spiro atoms. The highest BCUT2D eigenvalue weighted by Gasteiger charge is 2.39. The molecule has 1 saturated carbocycles. The zero-order valence-electron chi connectivity index (χ0n) is 18.9. The van der Waals surface area contributed by atoms with Gasteiger partial charge in [0.15, 0.2) is 23.1 Å². The van der Waals surface area contributed by atoms with E-state index in [9.17, 15) is 13.6 Å². The third-order valence-electron chi connectivity index (χ3n) is 6.92. The summed E-state index contributed by atoms with van der Waals surface area (Å²) in [5.74, 6) is -0.841. The highest BCUT2D eigenvalue weighted by atomic mass is 19.1. The minimum Gasteiger partial charge on any atom is -0.484 e. The summed E-state index contributed by atoms with van der Waals surface area (Å²) < 4.78 is 46.2. The van der Waals surface area contributed by atoms with E-state index in [1.807, 2.05) is 11.8 Å². The summed E-state index contributed by atoms with van der Waals surface area (Å²) in [6.07, 6.45) is 2.81. The second kappa shape index (κ2) is 8.93. The molecule has 7 nitrogen and oxygen atoms in total. The zero-order valence-corrected chi connectivity index (χ0v) is 18.9. The van der Waals surface area contributed by atoms with Crippen LogP contribution in [0.2, 0.25) is 0 Å². The van der Waals surface area contributed by atoms with Crippen molar-refractivity contribution in [2.75, 3.05) is 36.5 Å². The Balaban J connectivity index is 1.29. The topological polar surface area (TPSA) is 76.8 Å². The minimum absolute atomic E-state index is 0.00148. The van der Waals surface area contributed by atoms with Crippen molar-refractivity contribution in [1.82, 2.24) is 4.98 Å². The average molecular weight is 462 g/mol. The number of nitrogens with one attached hydrogen (secondary N) is 1. The molecular formula is C24H29F2N3O4. The largest absolute Gasteiger partial charge is 0.484 e. The number of aromatic nitrogens is 1. The monoisotopic (exact) mass is 461 g/mol. The predicted molar refractivity (Wildman–Crippen MR) is 118 cm³/mol. The fourth-order valence-corrected chi connectivity index (χ4v) is 5.10. The van der Waals surface area contributed by atoms with Gasteiger partial charge >= 0.3 is 0 Å². The van der Waals surface area contributed by atoms with Gasteiger partial charge in [-0.05, 0) is 25.2 Å². The number of nitrogens with zero attached hydrogens (tertiary/aromatic N) is 2. The minimum atomic E-state index is -0.841. The Morgan fingerprint density at radius 1 is 1.21 bits per heavy atom. The van der Waals surface area contributed by atoms with Gasteiger partial charge < -0.3 is 24.1 Å². The Labute approximate surface area is 191 Å². The number of oxazole rings is 1. The number of hydrogen-bond donors (Lipinski definition) is 1. The Morgan fingerprint density at radius 3 is 2.52 bits per heavy atom. The number of benzene rings is 1. The number of fused-ring (bicyclic) bond motifs is 1. The van der Waals surface area contributed by atoms with Crippen LogP contribution in [0.25, 0.3) is 0 Å². The molecule has 1 aromatic carbocycles. The number of halogens is 2. The molecule has 1 aliphatic carbocycles. The van der Waals surface area contributed by atoms with E-state index in [4.69, 9.17) is 13.9 Å². The number of anilines is 2. The first-order valence-electron chi connectivity index (χ1n) is 11.7. The molecule has 2 aromatic rings. The molecule has 2 saturated heterocycles. The summed E-state index contributed by atoms with van der Waals surface area (Å²) in [6.45, 7) is 6.96. The lowest BCUT2D eigenvalue weighted by atomic mass is 10.0. The highest BCUT2D eigenvalue weighted by Crippen LogP contribution is 2.34. The summed E-state index contributed by atoms with van der Waals surface area (Å²) in [6, 6.07) is 2.55. The Bertz CT molecular complexity index is 1010. The van der Waals surface area contributed by atoms with E-state index in [0.29, 0.717) is 35.9 Å². The maximum atomic E-state index is 14.6. The molecule has 3 aliphatic rings. The van der Waals surface area contributed by atoms with Gasteiger partial charge in [0, 0.05) is 49.2 Å². The van der Waals surface area contributed by atoms with Crippen molar-refractivity contribution in [2.24, 2.45) is 17.8 Å². The van der Waals surface area contributed by atoms with E-state index in [1.165, 1.54) is 0 Å². The summed E-state index contributed by atoms with van der Waals surface area (Å²) in [4.78, 5) is 19.3. The first-order chi connectivity index (χ1) is 15.9. The number of aryl methyl sites for hydroxylation is 1. The maximum absolute atomic E-state index is 14.6. The van der Waals surface area contributed by atoms with Gasteiger partial charge in [-0.3, -0.25) is 4.79 Å². The second-order valence-electron chi connectivity index (χ2n) is 9.47. The number of amides is 1. The summed E-state index contributed by atoms with van der Waals surface area (Å²) >= 11 is 0. The van der Waals surface area contributed by atoms with Crippen LogP contribution in [-0.4, -0.2) is 43.3 Å². The van der Waals surface area contributed by atoms with Gasteiger partial charge in [0.25, 0.3) is 11.9 Å². The van der Waals surface area contributed by atoms with Crippen LogP contribution in [0.3, 0.4) is 0 Å². The van der Waals surface area contributed by atoms with E-state index in [1.54, 1.807) is 0 Å². The van der Waals surface area contributed by atoms with E-state index in [0.717, 1.165) is 57.7 Å². The standard InChI is InChI=1S/C24H29F2N3O4/c1-3-20-21(28-24(33-20)29-9-14-11-31-12-15(14)10-29)23(30)27-16-7-18(25)22(19(26)8-16)32-17-5-4-13(2)6-17/h7-8,13-15,17H,3-6,9-12H2,1-2H3,(H,27,30). The van der Waals surface area contributed by atoms with Gasteiger partial charge in [0.05, 0.1) is 19.3 Å². The maximum Gasteiger partial charge on any atom is 0.298 e. The van der Waals surface area contributed by atoms with Crippen LogP contribution < -0.4 is 15.0 Å². The summed E-state index contributed by atoms with van der Waals surface area (Å²) in [5, 5.41) is 2.55. The van der Waals surface area contributed by atoms with E-state index < -0.39 is 23.3 Å². The number of carbonyl (C=O) groups is 1. The fraction of sp³-hybridized carbons (Fsp3) is 0.583. The molecule has 178 valence electrons. The number of rotatable bonds is 6. The van der Waals surface area contributed by atoms with E-state index in [-0.39, 0.29) is 17.5 Å². The zero-order chi connectivity index (χ0) is 23.1. The summed E-state index contributed by atoms with van der Waals surface area (Å²) in [7, 11) is 0. The molecule has 9 heteroatoms. The molecule has 2 aliphatic heterocycles. The molecule has 1 amide bonds. The number of ether oxygens (including phenoxy) is 2. The third kappa shape index (κ3) is 4.43. The molecule has 4 unspecified atom stereocenters. The van der Waals surface area contributed by atoms with Crippen molar-refractivity contribution < 1.29 is 27.5 Å². The Morgan fingerprint density at radius 2 is 1.91 bits per heavy atom. The van der Waals surface area contributed by atoms with Gasteiger partial charge in [-0.1, -0.05) is 13.8 Å². The molecule has 1 N–H and O–H groups in total. The van der Waals surface area contributed by atoms with Crippen molar-refractivity contribution in [3.63, 3.8) is 0 Å². The van der Waals surface area contributed by atoms with Crippen LogP contribution in [0.1, 0.15) is 49.4 Å². The van der Waals surface area contributed by atoms with Gasteiger partial charge in [0.1, 0.15) is 5.76 Å². The van der Waals surface area contributed by atoms with E-state index in [2.05, 4.69) is 17.2 Å². The molecule has 1 aromatic heterocycles.